The summed E-state index contributed by atoms with van der Waals surface area (Å²) in [6.45, 7) is 0. The maximum Gasteiger partial charge on any atom is 0.166 e. The van der Waals surface area contributed by atoms with Gasteiger partial charge in [0.1, 0.15) is 9.75 Å². The molecule has 3 unspecified atom stereocenters. The highest BCUT2D eigenvalue weighted by Gasteiger charge is 2.78. The maximum absolute atomic E-state index is 6.75. The number of benzene rings is 1. The van der Waals surface area contributed by atoms with E-state index in [0.717, 1.165) is 0 Å². The number of rotatable bonds is 1. The summed E-state index contributed by atoms with van der Waals surface area (Å²) in [5.41, 5.74) is 0.309. The van der Waals surface area contributed by atoms with Crippen LogP contribution in [0.5, 0.6) is 0 Å². The molecule has 11 heteroatoms. The fourth-order valence-corrected chi connectivity index (χ4v) is 7.33. The standard InChI is InChI=1S/C13H3Cl11/c14-4-3(5(15)7(17)8(18)6(4)16)2-1-11(21)9(19)10(20)12(2,22)13(11,23)24/h2H,1H2. The molecule has 3 atom stereocenters. The van der Waals surface area contributed by atoms with Gasteiger partial charge in [-0.2, -0.15) is 0 Å². The SMILES string of the molecule is ClC1=C(Cl)C2(Cl)C(c3c(Cl)c(Cl)c(Cl)c(Cl)c3Cl)CC1(Cl)C2(Cl)Cl. The number of alkyl halides is 4. The highest BCUT2D eigenvalue weighted by atomic mass is 35.5. The molecule has 0 nitrogen and oxygen atoms in total. The zero-order chi connectivity index (χ0) is 18.4. The average molecular weight is 549 g/mol. The van der Waals surface area contributed by atoms with Crippen molar-refractivity contribution in [1.29, 1.82) is 0 Å². The maximum atomic E-state index is 6.75. The molecular weight excluding hydrogens is 546 g/mol. The van der Waals surface area contributed by atoms with E-state index < -0.39 is 20.0 Å². The van der Waals surface area contributed by atoms with Crippen LogP contribution in [-0.2, 0) is 0 Å². The Hall–Kier alpha value is 2.15. The summed E-state index contributed by atoms with van der Waals surface area (Å²) in [5, 5.41) is 0.312. The van der Waals surface area contributed by atoms with E-state index in [9.17, 15) is 0 Å². The topological polar surface area (TPSA) is 0 Å². The fourth-order valence-electron chi connectivity index (χ4n) is 3.14. The van der Waals surface area contributed by atoms with Crippen LogP contribution in [0.15, 0.2) is 10.1 Å². The van der Waals surface area contributed by atoms with E-state index in [-0.39, 0.29) is 41.6 Å². The van der Waals surface area contributed by atoms with Crippen molar-refractivity contribution in [3.63, 3.8) is 0 Å². The fraction of sp³-hybridized carbons (Fsp3) is 0.385. The first-order valence-electron chi connectivity index (χ1n) is 6.17. The summed E-state index contributed by atoms with van der Waals surface area (Å²) in [6, 6.07) is 0. The molecule has 0 heterocycles. The molecule has 132 valence electrons. The van der Waals surface area contributed by atoms with Crippen LogP contribution in [0.3, 0.4) is 0 Å². The van der Waals surface area contributed by atoms with Crippen LogP contribution in [0.2, 0.25) is 25.1 Å². The normalized spacial score (nSPS) is 34.4. The van der Waals surface area contributed by atoms with Gasteiger partial charge in [-0.05, 0) is 12.0 Å². The monoisotopic (exact) mass is 544 g/mol. The van der Waals surface area contributed by atoms with E-state index in [1.54, 1.807) is 0 Å². The zero-order valence-corrected chi connectivity index (χ0v) is 19.3. The lowest BCUT2D eigenvalue weighted by Gasteiger charge is -2.35. The molecule has 1 aromatic carbocycles. The van der Waals surface area contributed by atoms with E-state index in [2.05, 4.69) is 0 Å². The Kier molecular flexibility index (Phi) is 5.50. The van der Waals surface area contributed by atoms with Gasteiger partial charge in [-0.3, -0.25) is 0 Å². The van der Waals surface area contributed by atoms with Crippen molar-refractivity contribution in [1.82, 2.24) is 0 Å². The van der Waals surface area contributed by atoms with Crippen LogP contribution in [-0.4, -0.2) is 14.1 Å². The summed E-state index contributed by atoms with van der Waals surface area (Å²) in [7, 11) is 0. The Labute approximate surface area is 193 Å². The second kappa shape index (κ2) is 6.33. The lowest BCUT2D eigenvalue weighted by molar-refractivity contribution is 0.602. The van der Waals surface area contributed by atoms with Crippen LogP contribution in [0.4, 0.5) is 0 Å². The number of allylic oxidation sites excluding steroid dienone is 2. The molecular formula is C13H3Cl11. The van der Waals surface area contributed by atoms with Crippen molar-refractivity contribution in [2.75, 3.05) is 0 Å². The van der Waals surface area contributed by atoms with Crippen molar-refractivity contribution in [3.8, 4) is 0 Å². The number of halogens is 11. The molecule has 2 aliphatic carbocycles. The quantitative estimate of drug-likeness (QED) is 0.186. The number of hydrogen-bond donors (Lipinski definition) is 0. The highest BCUT2D eigenvalue weighted by Crippen LogP contribution is 2.77. The molecule has 1 aromatic rings. The summed E-state index contributed by atoms with van der Waals surface area (Å²) in [4.78, 5) is -2.98. The third-order valence-electron chi connectivity index (χ3n) is 4.37. The predicted octanol–water partition coefficient (Wildman–Crippen LogP) is 9.27. The van der Waals surface area contributed by atoms with Crippen LogP contribution in [0, 0.1) is 0 Å². The predicted molar refractivity (Wildman–Crippen MR) is 109 cm³/mol. The molecule has 3 rings (SSSR count). The summed E-state index contributed by atoms with van der Waals surface area (Å²) >= 11 is 69.8. The Bertz CT molecular complexity index is 769. The van der Waals surface area contributed by atoms with Gasteiger partial charge < -0.3 is 0 Å². The molecule has 2 bridgehead atoms. The molecule has 0 aromatic heterocycles. The van der Waals surface area contributed by atoms with Crippen LogP contribution < -0.4 is 0 Å². The van der Waals surface area contributed by atoms with Crippen LogP contribution >= 0.6 is 128 Å². The van der Waals surface area contributed by atoms with Crippen molar-refractivity contribution in [2.45, 2.75) is 26.4 Å². The van der Waals surface area contributed by atoms with Crippen molar-refractivity contribution in [2.24, 2.45) is 0 Å². The minimum Gasteiger partial charge on any atom is -0.110 e. The minimum absolute atomic E-state index is 0.0205. The van der Waals surface area contributed by atoms with E-state index in [1.165, 1.54) is 0 Å². The molecule has 1 fully saturated rings. The first-order valence-corrected chi connectivity index (χ1v) is 10.3. The van der Waals surface area contributed by atoms with Gasteiger partial charge >= 0.3 is 0 Å². The largest absolute Gasteiger partial charge is 0.166 e. The Morgan fingerprint density at radius 3 is 1.42 bits per heavy atom. The van der Waals surface area contributed by atoms with Crippen molar-refractivity contribution >= 4 is 128 Å². The Balaban J connectivity index is 2.33. The van der Waals surface area contributed by atoms with Gasteiger partial charge in [0.2, 0.25) is 0 Å². The Morgan fingerprint density at radius 1 is 0.625 bits per heavy atom. The lowest BCUT2D eigenvalue weighted by Crippen LogP contribution is -2.43. The third kappa shape index (κ3) is 2.29. The zero-order valence-electron chi connectivity index (χ0n) is 10.9. The first kappa shape index (κ1) is 20.9. The number of hydrogen-bond acceptors (Lipinski definition) is 0. The molecule has 0 N–H and O–H groups in total. The molecule has 0 aliphatic heterocycles. The molecule has 0 radical (unpaired) electrons. The second-order valence-electron chi connectivity index (χ2n) is 5.46. The van der Waals surface area contributed by atoms with Gasteiger partial charge in [-0.15, -0.1) is 23.2 Å². The molecule has 0 spiro atoms. The van der Waals surface area contributed by atoms with Crippen molar-refractivity contribution < 1.29 is 0 Å². The highest BCUT2D eigenvalue weighted by molar-refractivity contribution is 6.66. The van der Waals surface area contributed by atoms with Crippen LogP contribution in [0.1, 0.15) is 17.9 Å². The summed E-state index contributed by atoms with van der Waals surface area (Å²) < 4.78 is -1.72. The Morgan fingerprint density at radius 2 is 1.04 bits per heavy atom. The minimum atomic E-state index is -1.72. The first-order chi connectivity index (χ1) is 10.8. The van der Waals surface area contributed by atoms with Gasteiger partial charge in [-0.1, -0.05) is 104 Å². The van der Waals surface area contributed by atoms with Gasteiger partial charge in [0, 0.05) is 5.92 Å². The lowest BCUT2D eigenvalue weighted by atomic mass is 9.85. The van der Waals surface area contributed by atoms with E-state index >= 15 is 0 Å². The van der Waals surface area contributed by atoms with E-state index in [1.807, 2.05) is 0 Å². The summed E-state index contributed by atoms with van der Waals surface area (Å²) in [5.74, 6) is -0.700. The smallest absolute Gasteiger partial charge is 0.110 e. The van der Waals surface area contributed by atoms with Crippen molar-refractivity contribution in [3.05, 3.63) is 40.7 Å². The van der Waals surface area contributed by atoms with Gasteiger partial charge in [0.25, 0.3) is 0 Å². The average Bonchev–Trinajstić information content (AvgIpc) is 2.74. The van der Waals surface area contributed by atoms with Gasteiger partial charge in [0.15, 0.2) is 4.33 Å². The third-order valence-corrected chi connectivity index (χ3v) is 11.0. The molecule has 2 aliphatic rings. The van der Waals surface area contributed by atoms with E-state index in [0.29, 0.717) is 5.56 Å². The second-order valence-corrected chi connectivity index (χ2v) is 10.7. The van der Waals surface area contributed by atoms with Crippen LogP contribution in [0.25, 0.3) is 0 Å². The van der Waals surface area contributed by atoms with E-state index in [4.69, 9.17) is 128 Å². The van der Waals surface area contributed by atoms with Gasteiger partial charge in [-0.25, -0.2) is 0 Å². The molecule has 1 saturated carbocycles. The molecule has 24 heavy (non-hydrogen) atoms. The molecule has 0 saturated heterocycles. The number of fused-ring (bicyclic) bond motifs is 2. The van der Waals surface area contributed by atoms with Gasteiger partial charge in [0.05, 0.1) is 35.2 Å². The summed E-state index contributed by atoms with van der Waals surface area (Å²) in [6.07, 6.45) is 0.119. The molecule has 0 amide bonds.